The molecule has 1 aliphatic rings. The van der Waals surface area contributed by atoms with Crippen LogP contribution in [0.5, 0.6) is 5.75 Å². The Balaban J connectivity index is 1.73. The smallest absolute Gasteiger partial charge is 0.153 e. The maximum Gasteiger partial charge on any atom is 0.153 e. The molecule has 80 valence electrons. The number of para-hydroxylation sites is 1. The van der Waals surface area contributed by atoms with Gasteiger partial charge in [-0.2, -0.15) is 0 Å². The van der Waals surface area contributed by atoms with Crippen LogP contribution in [-0.4, -0.2) is 5.44 Å². The van der Waals surface area contributed by atoms with Gasteiger partial charge in [0.05, 0.1) is 0 Å². The van der Waals surface area contributed by atoms with E-state index in [4.69, 9.17) is 4.74 Å². The van der Waals surface area contributed by atoms with Gasteiger partial charge in [0, 0.05) is 11.3 Å². The summed E-state index contributed by atoms with van der Waals surface area (Å²) in [7, 11) is 0. The van der Waals surface area contributed by atoms with E-state index in [9.17, 15) is 0 Å². The molecule has 16 heavy (non-hydrogen) atoms. The lowest BCUT2D eigenvalue weighted by molar-refractivity contribution is 0.323. The highest BCUT2D eigenvalue weighted by molar-refractivity contribution is 7.99. The fraction of sp³-hybridized carbons (Fsp3) is 0.143. The van der Waals surface area contributed by atoms with Crippen LogP contribution >= 0.6 is 11.8 Å². The van der Waals surface area contributed by atoms with E-state index in [1.165, 1.54) is 10.5 Å². The second kappa shape index (κ2) is 4.22. The van der Waals surface area contributed by atoms with Gasteiger partial charge in [0.25, 0.3) is 0 Å². The van der Waals surface area contributed by atoms with E-state index in [0.29, 0.717) is 0 Å². The van der Waals surface area contributed by atoms with Crippen molar-refractivity contribution in [1.82, 2.24) is 0 Å². The predicted octanol–water partition coefficient (Wildman–Crippen LogP) is 3.74. The summed E-state index contributed by atoms with van der Waals surface area (Å²) in [6.07, 6.45) is 0.996. The Kier molecular flexibility index (Phi) is 2.58. The summed E-state index contributed by atoms with van der Waals surface area (Å²) < 4.78 is 5.87. The minimum Gasteiger partial charge on any atom is -0.479 e. The Morgan fingerprint density at radius 2 is 1.69 bits per heavy atom. The normalized spacial score (nSPS) is 17.9. The maximum absolute atomic E-state index is 5.87. The lowest BCUT2D eigenvalue weighted by Crippen LogP contribution is -2.06. The number of hydrogen-bond donors (Lipinski definition) is 0. The van der Waals surface area contributed by atoms with Crippen molar-refractivity contribution in [3.05, 3.63) is 60.2 Å². The Morgan fingerprint density at radius 1 is 0.938 bits per heavy atom. The predicted molar refractivity (Wildman–Crippen MR) is 66.9 cm³/mol. The van der Waals surface area contributed by atoms with Crippen LogP contribution in [0.25, 0.3) is 0 Å². The molecule has 1 nitrogen and oxygen atoms in total. The molecular formula is C14H12OS. The van der Waals surface area contributed by atoms with Gasteiger partial charge in [0.1, 0.15) is 5.75 Å². The third-order valence-corrected chi connectivity index (χ3v) is 3.70. The molecule has 0 aromatic heterocycles. The molecule has 1 heterocycles. The van der Waals surface area contributed by atoms with Crippen molar-refractivity contribution in [3.8, 4) is 5.75 Å². The molecule has 1 atom stereocenters. The van der Waals surface area contributed by atoms with Crippen molar-refractivity contribution in [1.29, 1.82) is 0 Å². The first-order valence-electron chi connectivity index (χ1n) is 5.38. The molecule has 2 aromatic carbocycles. The van der Waals surface area contributed by atoms with E-state index >= 15 is 0 Å². The first kappa shape index (κ1) is 9.79. The number of hydrogen-bond acceptors (Lipinski definition) is 2. The topological polar surface area (TPSA) is 9.23 Å². The molecule has 0 N–H and O–H groups in total. The lowest BCUT2D eigenvalue weighted by atomic mass is 10.2. The van der Waals surface area contributed by atoms with Crippen molar-refractivity contribution >= 4 is 11.8 Å². The number of benzene rings is 2. The highest BCUT2D eigenvalue weighted by Gasteiger charge is 2.22. The quantitative estimate of drug-likeness (QED) is 0.774. The second-order valence-corrected chi connectivity index (χ2v) is 5.02. The van der Waals surface area contributed by atoms with Gasteiger partial charge >= 0.3 is 0 Å². The number of fused-ring (bicyclic) bond motifs is 1. The van der Waals surface area contributed by atoms with Crippen molar-refractivity contribution < 1.29 is 4.74 Å². The molecule has 1 unspecified atom stereocenters. The molecule has 0 spiro atoms. The molecule has 2 heteroatoms. The molecule has 3 rings (SSSR count). The van der Waals surface area contributed by atoms with Gasteiger partial charge in [-0.05, 0) is 23.8 Å². The van der Waals surface area contributed by atoms with Crippen molar-refractivity contribution in [2.45, 2.75) is 16.8 Å². The van der Waals surface area contributed by atoms with E-state index in [0.717, 1.165) is 12.2 Å². The summed E-state index contributed by atoms with van der Waals surface area (Å²) in [4.78, 5) is 1.26. The zero-order valence-electron chi connectivity index (χ0n) is 8.80. The van der Waals surface area contributed by atoms with E-state index in [1.807, 2.05) is 18.2 Å². The van der Waals surface area contributed by atoms with Gasteiger partial charge < -0.3 is 4.74 Å². The fourth-order valence-electron chi connectivity index (χ4n) is 1.87. The zero-order chi connectivity index (χ0) is 10.8. The highest BCUT2D eigenvalue weighted by atomic mass is 32.2. The van der Waals surface area contributed by atoms with Crippen molar-refractivity contribution in [2.24, 2.45) is 0 Å². The van der Waals surface area contributed by atoms with Gasteiger partial charge in [-0.15, -0.1) is 0 Å². The minimum atomic E-state index is 0.222. The molecular weight excluding hydrogens is 216 g/mol. The second-order valence-electron chi connectivity index (χ2n) is 3.79. The van der Waals surface area contributed by atoms with Crippen LogP contribution in [0.1, 0.15) is 5.56 Å². The lowest BCUT2D eigenvalue weighted by Gasteiger charge is -2.09. The van der Waals surface area contributed by atoms with Gasteiger partial charge in [-0.25, -0.2) is 0 Å². The first-order valence-corrected chi connectivity index (χ1v) is 6.26. The number of thioether (sulfide) groups is 1. The average molecular weight is 228 g/mol. The number of ether oxygens (including phenoxy) is 1. The molecule has 0 saturated carbocycles. The van der Waals surface area contributed by atoms with E-state index < -0.39 is 0 Å². The van der Waals surface area contributed by atoms with E-state index in [-0.39, 0.29) is 5.44 Å². The van der Waals surface area contributed by atoms with E-state index in [1.54, 1.807) is 11.8 Å². The molecule has 2 aromatic rings. The molecule has 0 aliphatic carbocycles. The Hall–Kier alpha value is -1.41. The van der Waals surface area contributed by atoms with Gasteiger partial charge in [0.2, 0.25) is 0 Å². The van der Waals surface area contributed by atoms with Gasteiger partial charge in [0.15, 0.2) is 5.44 Å². The van der Waals surface area contributed by atoms with Crippen LogP contribution in [0, 0.1) is 0 Å². The summed E-state index contributed by atoms with van der Waals surface area (Å²) in [5.41, 5.74) is 1.54. The fourth-order valence-corrected chi connectivity index (χ4v) is 2.90. The minimum absolute atomic E-state index is 0.222. The zero-order valence-corrected chi connectivity index (χ0v) is 9.61. The highest BCUT2D eigenvalue weighted by Crippen LogP contribution is 2.36. The first-order chi connectivity index (χ1) is 7.92. The van der Waals surface area contributed by atoms with Crippen LogP contribution in [0.3, 0.4) is 0 Å². The molecule has 0 amide bonds. The summed E-state index contributed by atoms with van der Waals surface area (Å²) in [6.45, 7) is 0. The molecule has 0 fully saturated rings. The van der Waals surface area contributed by atoms with Crippen LogP contribution in [-0.2, 0) is 6.42 Å². The Labute approximate surface area is 99.4 Å². The van der Waals surface area contributed by atoms with Gasteiger partial charge in [-0.3, -0.25) is 0 Å². The molecule has 1 aliphatic heterocycles. The standard InChI is InChI=1S/C14H12OS/c1-2-7-12(8-3-1)16-14-10-11-6-4-5-9-13(11)15-14/h1-9,14H,10H2. The molecule has 0 radical (unpaired) electrons. The monoisotopic (exact) mass is 228 g/mol. The van der Waals surface area contributed by atoms with Crippen LogP contribution < -0.4 is 4.74 Å². The summed E-state index contributed by atoms with van der Waals surface area (Å²) in [5.74, 6) is 1.04. The number of rotatable bonds is 2. The van der Waals surface area contributed by atoms with Crippen molar-refractivity contribution in [2.75, 3.05) is 0 Å². The van der Waals surface area contributed by atoms with Crippen molar-refractivity contribution in [3.63, 3.8) is 0 Å². The summed E-state index contributed by atoms with van der Waals surface area (Å²) in [5, 5.41) is 0. The average Bonchev–Trinajstić information content (AvgIpc) is 2.72. The molecule has 0 saturated heterocycles. The van der Waals surface area contributed by atoms with E-state index in [2.05, 4.69) is 36.4 Å². The maximum atomic E-state index is 5.87. The van der Waals surface area contributed by atoms with Gasteiger partial charge in [-0.1, -0.05) is 48.2 Å². The SMILES string of the molecule is c1ccc(SC2Cc3ccccc3O2)cc1. The summed E-state index contributed by atoms with van der Waals surface area (Å²) >= 11 is 1.79. The largest absolute Gasteiger partial charge is 0.479 e. The van der Waals surface area contributed by atoms with Crippen LogP contribution in [0.2, 0.25) is 0 Å². The molecule has 0 bridgehead atoms. The third-order valence-electron chi connectivity index (χ3n) is 2.63. The summed E-state index contributed by atoms with van der Waals surface area (Å²) in [6, 6.07) is 18.7. The van der Waals surface area contributed by atoms with Crippen LogP contribution in [0.4, 0.5) is 0 Å². The third kappa shape index (κ3) is 1.93. The van der Waals surface area contributed by atoms with Crippen LogP contribution in [0.15, 0.2) is 59.5 Å². The Morgan fingerprint density at radius 3 is 2.50 bits per heavy atom. The Bertz CT molecular complexity index is 456.